The Balaban J connectivity index is 1.47. The minimum atomic E-state index is -4.46. The molecule has 0 saturated carbocycles. The number of carbonyl (C=O) groups excluding carboxylic acids is 1. The molecule has 1 aliphatic rings. The molecule has 4 heterocycles. The first-order valence-electron chi connectivity index (χ1n) is 10.4. The Morgan fingerprint density at radius 1 is 1.09 bits per heavy atom. The number of pyridine rings is 2. The van der Waals surface area contributed by atoms with Crippen molar-refractivity contribution in [2.45, 2.75) is 38.9 Å². The van der Waals surface area contributed by atoms with Gasteiger partial charge in [0.1, 0.15) is 5.82 Å². The summed E-state index contributed by atoms with van der Waals surface area (Å²) in [6.45, 7) is 3.88. The maximum atomic E-state index is 12.8. The molecule has 3 aromatic rings. The second-order valence-electron chi connectivity index (χ2n) is 7.67. The largest absolute Gasteiger partial charge is 0.417 e. The van der Waals surface area contributed by atoms with Crippen molar-refractivity contribution < 1.29 is 18.0 Å². The molecule has 168 valence electrons. The first-order valence-corrected chi connectivity index (χ1v) is 10.4. The van der Waals surface area contributed by atoms with Crippen LogP contribution in [0.25, 0.3) is 5.82 Å². The summed E-state index contributed by atoms with van der Waals surface area (Å²) in [7, 11) is 0. The summed E-state index contributed by atoms with van der Waals surface area (Å²) in [4.78, 5) is 23.4. The fraction of sp³-hybridized carbons (Fsp3) is 0.364. The van der Waals surface area contributed by atoms with E-state index in [1.807, 2.05) is 12.1 Å². The van der Waals surface area contributed by atoms with E-state index < -0.39 is 11.7 Å². The maximum absolute atomic E-state index is 12.8. The van der Waals surface area contributed by atoms with Gasteiger partial charge in [0.25, 0.3) is 5.91 Å². The molecule has 0 aromatic carbocycles. The van der Waals surface area contributed by atoms with Crippen LogP contribution in [0.3, 0.4) is 0 Å². The van der Waals surface area contributed by atoms with Gasteiger partial charge in [-0.3, -0.25) is 4.79 Å². The van der Waals surface area contributed by atoms with Gasteiger partial charge in [0.15, 0.2) is 5.82 Å². The van der Waals surface area contributed by atoms with Crippen LogP contribution in [0.15, 0.2) is 42.9 Å². The third-order valence-corrected chi connectivity index (χ3v) is 5.51. The standard InChI is InChI=1S/C22H23F3N6O/c1-15-18(14-29-31(15)19-8-7-17(13-27-19)22(23,24)25)21(32)28-12-16-6-5-9-26-20(16)30-10-3-2-4-11-30/h5-9,13-14H,2-4,10-12H2,1H3,(H,28,32). The number of nitrogens with zero attached hydrogens (tertiary/aromatic N) is 5. The lowest BCUT2D eigenvalue weighted by molar-refractivity contribution is -0.137. The minimum Gasteiger partial charge on any atom is -0.356 e. The van der Waals surface area contributed by atoms with Gasteiger partial charge in [-0.1, -0.05) is 6.07 Å². The summed E-state index contributed by atoms with van der Waals surface area (Å²) in [5.74, 6) is 0.761. The molecule has 7 nitrogen and oxygen atoms in total. The number of rotatable bonds is 5. The van der Waals surface area contributed by atoms with Gasteiger partial charge in [0.2, 0.25) is 0 Å². The topological polar surface area (TPSA) is 75.9 Å². The van der Waals surface area contributed by atoms with E-state index in [9.17, 15) is 18.0 Å². The van der Waals surface area contributed by atoms with Crippen molar-refractivity contribution in [3.63, 3.8) is 0 Å². The Morgan fingerprint density at radius 2 is 1.88 bits per heavy atom. The summed E-state index contributed by atoms with van der Waals surface area (Å²) >= 11 is 0. The number of amides is 1. The summed E-state index contributed by atoms with van der Waals surface area (Å²) in [5.41, 5.74) is 0.898. The number of carbonyl (C=O) groups is 1. The maximum Gasteiger partial charge on any atom is 0.417 e. The van der Waals surface area contributed by atoms with Gasteiger partial charge >= 0.3 is 6.18 Å². The van der Waals surface area contributed by atoms with Crippen molar-refractivity contribution in [3.8, 4) is 5.82 Å². The second-order valence-corrected chi connectivity index (χ2v) is 7.67. The molecule has 1 N–H and O–H groups in total. The predicted octanol–water partition coefficient (Wildman–Crippen LogP) is 3.91. The van der Waals surface area contributed by atoms with Crippen LogP contribution < -0.4 is 10.2 Å². The third-order valence-electron chi connectivity index (χ3n) is 5.51. The molecule has 0 unspecified atom stereocenters. The lowest BCUT2D eigenvalue weighted by Gasteiger charge is -2.29. The number of piperidine rings is 1. The molecule has 1 saturated heterocycles. The van der Waals surface area contributed by atoms with Crippen LogP contribution in [-0.2, 0) is 12.7 Å². The van der Waals surface area contributed by atoms with Crippen LogP contribution in [0, 0.1) is 6.92 Å². The normalized spacial score (nSPS) is 14.4. The third kappa shape index (κ3) is 4.58. The summed E-state index contributed by atoms with van der Waals surface area (Å²) in [6, 6.07) is 5.95. The Hall–Kier alpha value is -3.43. The second kappa shape index (κ2) is 8.97. The summed E-state index contributed by atoms with van der Waals surface area (Å²) in [6.07, 6.45) is 2.89. The van der Waals surface area contributed by atoms with Gasteiger partial charge in [-0.25, -0.2) is 14.6 Å². The Bertz CT molecular complexity index is 1090. The fourth-order valence-corrected chi connectivity index (χ4v) is 3.77. The highest BCUT2D eigenvalue weighted by atomic mass is 19.4. The average Bonchev–Trinajstić information content (AvgIpc) is 3.19. The van der Waals surface area contributed by atoms with Crippen molar-refractivity contribution in [3.05, 3.63) is 65.2 Å². The van der Waals surface area contributed by atoms with Gasteiger partial charge in [-0.05, 0) is 44.4 Å². The highest BCUT2D eigenvalue weighted by Crippen LogP contribution is 2.29. The summed E-state index contributed by atoms with van der Waals surface area (Å²) in [5, 5.41) is 7.04. The zero-order valence-corrected chi connectivity index (χ0v) is 17.6. The van der Waals surface area contributed by atoms with Crippen LogP contribution in [0.5, 0.6) is 0 Å². The van der Waals surface area contributed by atoms with Gasteiger partial charge in [-0.15, -0.1) is 0 Å². The molecule has 10 heteroatoms. The van der Waals surface area contributed by atoms with E-state index >= 15 is 0 Å². The van der Waals surface area contributed by atoms with Gasteiger partial charge in [0, 0.05) is 37.6 Å². The molecule has 1 aliphatic heterocycles. The van der Waals surface area contributed by atoms with Gasteiger partial charge in [0.05, 0.1) is 23.0 Å². The number of anilines is 1. The van der Waals surface area contributed by atoms with Gasteiger partial charge < -0.3 is 10.2 Å². The number of nitrogens with one attached hydrogen (secondary N) is 1. The van der Waals surface area contributed by atoms with Crippen molar-refractivity contribution in [2.75, 3.05) is 18.0 Å². The zero-order valence-electron chi connectivity index (χ0n) is 17.6. The molecule has 0 radical (unpaired) electrons. The average molecular weight is 444 g/mol. The van der Waals surface area contributed by atoms with Gasteiger partial charge in [-0.2, -0.15) is 18.3 Å². The fourth-order valence-electron chi connectivity index (χ4n) is 3.77. The Morgan fingerprint density at radius 3 is 2.56 bits per heavy atom. The molecule has 1 amide bonds. The van der Waals surface area contributed by atoms with Crippen molar-refractivity contribution in [2.24, 2.45) is 0 Å². The van der Waals surface area contributed by atoms with Crippen LogP contribution in [0.4, 0.5) is 19.0 Å². The van der Waals surface area contributed by atoms with E-state index in [1.165, 1.54) is 23.4 Å². The minimum absolute atomic E-state index is 0.203. The number of hydrogen-bond acceptors (Lipinski definition) is 5. The molecular formula is C22H23F3N6O. The van der Waals surface area contributed by atoms with Crippen molar-refractivity contribution in [1.82, 2.24) is 25.1 Å². The SMILES string of the molecule is Cc1c(C(=O)NCc2cccnc2N2CCCCC2)cnn1-c1ccc(C(F)(F)F)cn1. The van der Waals surface area contributed by atoms with E-state index in [1.54, 1.807) is 13.1 Å². The van der Waals surface area contributed by atoms with E-state index in [0.29, 0.717) is 17.8 Å². The molecular weight excluding hydrogens is 421 g/mol. The first kappa shape index (κ1) is 21.8. The number of halogens is 3. The highest BCUT2D eigenvalue weighted by molar-refractivity contribution is 5.95. The first-order chi connectivity index (χ1) is 15.3. The zero-order chi connectivity index (χ0) is 22.7. The molecule has 3 aromatic heterocycles. The quantitative estimate of drug-likeness (QED) is 0.646. The van der Waals surface area contributed by atoms with E-state index in [4.69, 9.17) is 0 Å². The Kier molecular flexibility index (Phi) is 6.11. The molecule has 0 aliphatic carbocycles. The number of alkyl halides is 3. The van der Waals surface area contributed by atoms with E-state index in [-0.39, 0.29) is 11.7 Å². The molecule has 0 atom stereocenters. The van der Waals surface area contributed by atoms with Crippen LogP contribution in [0.2, 0.25) is 0 Å². The number of aromatic nitrogens is 4. The Labute approximate surface area is 183 Å². The predicted molar refractivity (Wildman–Crippen MR) is 113 cm³/mol. The van der Waals surface area contributed by atoms with E-state index in [0.717, 1.165) is 49.6 Å². The summed E-state index contributed by atoms with van der Waals surface area (Å²) < 4.78 is 39.6. The van der Waals surface area contributed by atoms with Crippen LogP contribution in [0.1, 0.15) is 46.4 Å². The van der Waals surface area contributed by atoms with Crippen molar-refractivity contribution in [1.29, 1.82) is 0 Å². The molecule has 1 fully saturated rings. The molecule has 32 heavy (non-hydrogen) atoms. The van der Waals surface area contributed by atoms with Crippen molar-refractivity contribution >= 4 is 11.7 Å². The monoisotopic (exact) mass is 444 g/mol. The molecule has 4 rings (SSSR count). The van der Waals surface area contributed by atoms with Crippen LogP contribution in [-0.4, -0.2) is 38.7 Å². The molecule has 0 bridgehead atoms. The smallest absolute Gasteiger partial charge is 0.356 e. The number of hydrogen-bond donors (Lipinski definition) is 1. The van der Waals surface area contributed by atoms with E-state index in [2.05, 4.69) is 25.3 Å². The lowest BCUT2D eigenvalue weighted by Crippen LogP contribution is -2.32. The molecule has 0 spiro atoms. The highest BCUT2D eigenvalue weighted by Gasteiger charge is 2.31. The van der Waals surface area contributed by atoms with Crippen LogP contribution >= 0.6 is 0 Å². The lowest BCUT2D eigenvalue weighted by atomic mass is 10.1.